The van der Waals surface area contributed by atoms with E-state index in [-0.39, 0.29) is 5.92 Å². The number of phenolic OH excluding ortho intramolecular Hbond substituents is 2. The third-order valence-electron chi connectivity index (χ3n) is 11.6. The van der Waals surface area contributed by atoms with Gasteiger partial charge in [0.05, 0.1) is 0 Å². The van der Waals surface area contributed by atoms with E-state index in [2.05, 4.69) is 31.2 Å². The lowest BCUT2D eigenvalue weighted by atomic mass is 9.75. The van der Waals surface area contributed by atoms with Gasteiger partial charge in [-0.3, -0.25) is 0 Å². The van der Waals surface area contributed by atoms with Crippen LogP contribution in [0.3, 0.4) is 0 Å². The summed E-state index contributed by atoms with van der Waals surface area (Å²) in [6.45, 7) is 2.39. The molecule has 2 N–H and O–H groups in total. The lowest BCUT2D eigenvalue weighted by Gasteiger charge is -2.31. The third kappa shape index (κ3) is 5.98. The first-order chi connectivity index (χ1) is 19.6. The zero-order valence-electron chi connectivity index (χ0n) is 25.2. The van der Waals surface area contributed by atoms with Crippen LogP contribution in [0, 0.1) is 0 Å². The predicted molar refractivity (Wildman–Crippen MR) is 167 cm³/mol. The van der Waals surface area contributed by atoms with E-state index in [9.17, 15) is 10.2 Å². The fraction of sp³-hybridized carbons (Fsp3) is 0.684. The van der Waals surface area contributed by atoms with E-state index in [0.29, 0.717) is 35.2 Å². The fourth-order valence-electron chi connectivity index (χ4n) is 9.00. The number of benzene rings is 2. The molecule has 218 valence electrons. The summed E-state index contributed by atoms with van der Waals surface area (Å²) in [4.78, 5) is 0. The third-order valence-corrected chi connectivity index (χ3v) is 11.6. The molecule has 0 aromatic heterocycles. The number of aromatic hydroxyl groups is 2. The molecule has 4 aliphatic rings. The molecular formula is C38H54O2. The Morgan fingerprint density at radius 1 is 0.425 bits per heavy atom. The Kier molecular flexibility index (Phi) is 9.09. The molecule has 0 saturated heterocycles. The predicted octanol–water partition coefficient (Wildman–Crippen LogP) is 11.4. The normalized spacial score (nSPS) is 22.6. The summed E-state index contributed by atoms with van der Waals surface area (Å²) in [7, 11) is 0. The highest BCUT2D eigenvalue weighted by Crippen LogP contribution is 2.48. The summed E-state index contributed by atoms with van der Waals surface area (Å²) in [6.07, 6.45) is 25.4. The molecule has 0 radical (unpaired) electrons. The summed E-state index contributed by atoms with van der Waals surface area (Å²) in [5.74, 6) is 3.52. The van der Waals surface area contributed by atoms with Crippen molar-refractivity contribution in [2.24, 2.45) is 0 Å². The SMILES string of the molecule is CC(c1cc(C2CCCCC2)c(O)c(C2CCCCC2)c1)c1cc(C2CCCCC2)c(O)c(C2CCCCC2)c1. The molecular weight excluding hydrogens is 488 g/mol. The number of phenols is 2. The van der Waals surface area contributed by atoms with Crippen LogP contribution in [0.25, 0.3) is 0 Å². The average Bonchev–Trinajstić information content (AvgIpc) is 3.02. The van der Waals surface area contributed by atoms with E-state index < -0.39 is 0 Å². The standard InChI is InChI=1S/C38H54O2/c1-26(31-22-33(27-14-6-2-7-15-27)37(39)34(23-31)28-16-8-3-9-17-28)32-24-35(29-18-10-4-11-19-29)38(40)36(25-32)30-20-12-5-13-21-30/h22-30,39-40H,2-21H2,1H3. The topological polar surface area (TPSA) is 40.5 Å². The first-order valence-electron chi connectivity index (χ1n) is 17.3. The Morgan fingerprint density at radius 2 is 0.650 bits per heavy atom. The van der Waals surface area contributed by atoms with Gasteiger partial charge in [-0.2, -0.15) is 0 Å². The van der Waals surface area contributed by atoms with Gasteiger partial charge in [-0.25, -0.2) is 0 Å². The molecule has 0 bridgehead atoms. The van der Waals surface area contributed by atoms with Crippen LogP contribution in [0.15, 0.2) is 24.3 Å². The van der Waals surface area contributed by atoms with Gasteiger partial charge in [-0.15, -0.1) is 0 Å². The Bertz CT molecular complexity index is 957. The van der Waals surface area contributed by atoms with Crippen LogP contribution in [0.2, 0.25) is 0 Å². The number of rotatable bonds is 6. The Balaban J connectivity index is 1.42. The zero-order valence-corrected chi connectivity index (χ0v) is 25.2. The van der Waals surface area contributed by atoms with Gasteiger partial charge in [0, 0.05) is 5.92 Å². The molecule has 0 spiro atoms. The van der Waals surface area contributed by atoms with Gasteiger partial charge in [-0.1, -0.05) is 108 Å². The second-order valence-corrected chi connectivity index (χ2v) is 14.2. The van der Waals surface area contributed by atoms with Crippen molar-refractivity contribution < 1.29 is 10.2 Å². The molecule has 2 nitrogen and oxygen atoms in total. The second kappa shape index (κ2) is 12.9. The van der Waals surface area contributed by atoms with Crippen LogP contribution < -0.4 is 0 Å². The number of hydrogen-bond donors (Lipinski definition) is 2. The zero-order chi connectivity index (χ0) is 27.5. The smallest absolute Gasteiger partial charge is 0.122 e. The molecule has 0 atom stereocenters. The molecule has 0 unspecified atom stereocenters. The highest BCUT2D eigenvalue weighted by Gasteiger charge is 2.29. The molecule has 4 fully saturated rings. The molecule has 2 aromatic carbocycles. The minimum Gasteiger partial charge on any atom is -0.507 e. The van der Waals surface area contributed by atoms with E-state index in [0.717, 1.165) is 0 Å². The van der Waals surface area contributed by atoms with Gasteiger partial charge in [0.2, 0.25) is 0 Å². The van der Waals surface area contributed by atoms with Crippen LogP contribution in [0.5, 0.6) is 11.5 Å². The van der Waals surface area contributed by atoms with Crippen LogP contribution in [-0.4, -0.2) is 10.2 Å². The van der Waals surface area contributed by atoms with Crippen molar-refractivity contribution in [2.45, 2.75) is 165 Å². The first-order valence-corrected chi connectivity index (χ1v) is 17.3. The summed E-state index contributed by atoms with van der Waals surface area (Å²) >= 11 is 0. The van der Waals surface area contributed by atoms with Gasteiger partial charge >= 0.3 is 0 Å². The Labute approximate surface area is 244 Å². The van der Waals surface area contributed by atoms with Crippen LogP contribution in [0.1, 0.15) is 198 Å². The van der Waals surface area contributed by atoms with Gasteiger partial charge < -0.3 is 10.2 Å². The van der Waals surface area contributed by atoms with Gasteiger partial charge in [0.25, 0.3) is 0 Å². The van der Waals surface area contributed by atoms with E-state index in [1.807, 2.05) is 0 Å². The summed E-state index contributed by atoms with van der Waals surface area (Å²) in [5, 5.41) is 23.4. The van der Waals surface area contributed by atoms with E-state index in [1.165, 1.54) is 162 Å². The number of hydrogen-bond acceptors (Lipinski definition) is 2. The largest absolute Gasteiger partial charge is 0.507 e. The molecule has 40 heavy (non-hydrogen) atoms. The summed E-state index contributed by atoms with van der Waals surface area (Å²) < 4.78 is 0. The van der Waals surface area contributed by atoms with E-state index >= 15 is 0 Å². The molecule has 0 aliphatic heterocycles. The van der Waals surface area contributed by atoms with Crippen LogP contribution in [-0.2, 0) is 0 Å². The monoisotopic (exact) mass is 542 g/mol. The second-order valence-electron chi connectivity index (χ2n) is 14.2. The summed E-state index contributed by atoms with van der Waals surface area (Å²) in [6, 6.07) is 9.59. The molecule has 0 heterocycles. The highest BCUT2D eigenvalue weighted by atomic mass is 16.3. The van der Waals surface area contributed by atoms with Gasteiger partial charge in [0.15, 0.2) is 0 Å². The molecule has 2 heteroatoms. The van der Waals surface area contributed by atoms with Crippen LogP contribution in [0.4, 0.5) is 0 Å². The van der Waals surface area contributed by atoms with Crippen molar-refractivity contribution in [1.82, 2.24) is 0 Å². The van der Waals surface area contributed by atoms with Crippen molar-refractivity contribution >= 4 is 0 Å². The molecule has 4 aliphatic carbocycles. The molecule has 4 saturated carbocycles. The first kappa shape index (κ1) is 28.2. The van der Waals surface area contributed by atoms with E-state index in [4.69, 9.17) is 0 Å². The summed E-state index contributed by atoms with van der Waals surface area (Å²) in [5.41, 5.74) is 7.72. The molecule has 0 amide bonds. The van der Waals surface area contributed by atoms with E-state index in [1.54, 1.807) is 0 Å². The quantitative estimate of drug-likeness (QED) is 0.381. The van der Waals surface area contributed by atoms with Crippen molar-refractivity contribution in [3.8, 4) is 11.5 Å². The Hall–Kier alpha value is -1.96. The minimum absolute atomic E-state index is 0.260. The van der Waals surface area contributed by atoms with Crippen molar-refractivity contribution in [2.75, 3.05) is 0 Å². The maximum absolute atomic E-state index is 11.7. The van der Waals surface area contributed by atoms with Crippen molar-refractivity contribution in [1.29, 1.82) is 0 Å². The lowest BCUT2D eigenvalue weighted by Crippen LogP contribution is -2.13. The van der Waals surface area contributed by atoms with Crippen LogP contribution >= 0.6 is 0 Å². The molecule has 2 aromatic rings. The highest BCUT2D eigenvalue weighted by molar-refractivity contribution is 5.53. The Morgan fingerprint density at radius 3 is 0.875 bits per heavy atom. The van der Waals surface area contributed by atoms with Crippen molar-refractivity contribution in [3.05, 3.63) is 57.6 Å². The fourth-order valence-corrected chi connectivity index (χ4v) is 9.00. The minimum atomic E-state index is 0.260. The lowest BCUT2D eigenvalue weighted by molar-refractivity contribution is 0.392. The average molecular weight is 543 g/mol. The van der Waals surface area contributed by atoms with Gasteiger partial charge in [0.1, 0.15) is 11.5 Å². The molecule has 6 rings (SSSR count). The maximum atomic E-state index is 11.7. The van der Waals surface area contributed by atoms with Gasteiger partial charge in [-0.05, 0) is 108 Å². The van der Waals surface area contributed by atoms with Crippen molar-refractivity contribution in [3.63, 3.8) is 0 Å². The maximum Gasteiger partial charge on any atom is 0.122 e.